The van der Waals surface area contributed by atoms with Crippen molar-refractivity contribution in [1.82, 2.24) is 15.5 Å². The van der Waals surface area contributed by atoms with Gasteiger partial charge in [-0.2, -0.15) is 0 Å². The lowest BCUT2D eigenvalue weighted by molar-refractivity contribution is 0.416. The van der Waals surface area contributed by atoms with E-state index >= 15 is 0 Å². The lowest BCUT2D eigenvalue weighted by Crippen LogP contribution is -2.15. The molecule has 7 heteroatoms. The van der Waals surface area contributed by atoms with Crippen molar-refractivity contribution in [3.8, 4) is 5.75 Å². The van der Waals surface area contributed by atoms with Crippen LogP contribution in [0.4, 0.5) is 11.7 Å². The van der Waals surface area contributed by atoms with Gasteiger partial charge in [-0.1, -0.05) is 21.0 Å². The summed E-state index contributed by atoms with van der Waals surface area (Å²) in [5.74, 6) is 1.29. The van der Waals surface area contributed by atoms with Crippen LogP contribution in [0.5, 0.6) is 5.75 Å². The van der Waals surface area contributed by atoms with Gasteiger partial charge in [-0.25, -0.2) is 0 Å². The number of aromatic nitrogens is 2. The molecule has 1 heterocycles. The van der Waals surface area contributed by atoms with Crippen LogP contribution in [0.25, 0.3) is 0 Å². The Hall–Kier alpha value is -1.60. The Kier molecular flexibility index (Phi) is 3.88. The standard InChI is InChI=1S/C13H15BrN4O2/c1-19-11-5-2-8(14)6-10(11)16-13-18-17-12(20-13)7-15-9-3-4-9/h2,5-6,9,15H,3-4,7H2,1H3,(H,16,18). The first-order valence-corrected chi connectivity index (χ1v) is 7.20. The van der Waals surface area contributed by atoms with Gasteiger partial charge in [0.2, 0.25) is 5.89 Å². The Labute approximate surface area is 125 Å². The summed E-state index contributed by atoms with van der Waals surface area (Å²) in [5, 5.41) is 14.4. The first kappa shape index (κ1) is 13.4. The van der Waals surface area contributed by atoms with Gasteiger partial charge in [0.05, 0.1) is 19.3 Å². The molecule has 0 saturated heterocycles. The molecule has 1 saturated carbocycles. The topological polar surface area (TPSA) is 72.2 Å². The summed E-state index contributed by atoms with van der Waals surface area (Å²) in [7, 11) is 1.62. The van der Waals surface area contributed by atoms with Crippen LogP contribution >= 0.6 is 15.9 Å². The molecule has 1 aromatic carbocycles. The van der Waals surface area contributed by atoms with Crippen molar-refractivity contribution in [2.75, 3.05) is 12.4 Å². The molecule has 0 bridgehead atoms. The van der Waals surface area contributed by atoms with Crippen LogP contribution < -0.4 is 15.4 Å². The number of benzene rings is 1. The van der Waals surface area contributed by atoms with E-state index in [1.165, 1.54) is 12.8 Å². The first-order chi connectivity index (χ1) is 9.74. The van der Waals surface area contributed by atoms with E-state index in [1.54, 1.807) is 7.11 Å². The van der Waals surface area contributed by atoms with E-state index in [1.807, 2.05) is 18.2 Å². The molecule has 106 valence electrons. The SMILES string of the molecule is COc1ccc(Br)cc1Nc1nnc(CNC2CC2)o1. The van der Waals surface area contributed by atoms with Crippen molar-refractivity contribution in [1.29, 1.82) is 0 Å². The minimum Gasteiger partial charge on any atom is -0.495 e. The highest BCUT2D eigenvalue weighted by Gasteiger charge is 2.21. The number of nitrogens with zero attached hydrogens (tertiary/aromatic N) is 2. The smallest absolute Gasteiger partial charge is 0.320 e. The van der Waals surface area contributed by atoms with Gasteiger partial charge in [0, 0.05) is 10.5 Å². The van der Waals surface area contributed by atoms with E-state index in [9.17, 15) is 0 Å². The molecule has 0 radical (unpaired) electrons. The van der Waals surface area contributed by atoms with Gasteiger partial charge in [0.25, 0.3) is 0 Å². The molecule has 2 N–H and O–H groups in total. The third kappa shape index (κ3) is 3.29. The van der Waals surface area contributed by atoms with Crippen LogP contribution in [0.1, 0.15) is 18.7 Å². The number of methoxy groups -OCH3 is 1. The Balaban J connectivity index is 1.68. The van der Waals surface area contributed by atoms with Crippen LogP contribution in [0.2, 0.25) is 0 Å². The van der Waals surface area contributed by atoms with Crippen molar-refractivity contribution in [3.63, 3.8) is 0 Å². The van der Waals surface area contributed by atoms with E-state index in [-0.39, 0.29) is 0 Å². The zero-order valence-corrected chi connectivity index (χ0v) is 12.6. The molecule has 2 aromatic rings. The van der Waals surface area contributed by atoms with Crippen LogP contribution in [0.3, 0.4) is 0 Å². The number of anilines is 2. The van der Waals surface area contributed by atoms with Crippen LogP contribution in [-0.2, 0) is 6.54 Å². The molecule has 0 unspecified atom stereocenters. The van der Waals surface area contributed by atoms with E-state index in [4.69, 9.17) is 9.15 Å². The second kappa shape index (κ2) is 5.80. The molecule has 20 heavy (non-hydrogen) atoms. The summed E-state index contributed by atoms with van der Waals surface area (Å²) >= 11 is 3.42. The maximum atomic E-state index is 5.54. The lowest BCUT2D eigenvalue weighted by Gasteiger charge is -2.08. The van der Waals surface area contributed by atoms with Crippen molar-refractivity contribution in [3.05, 3.63) is 28.6 Å². The maximum absolute atomic E-state index is 5.54. The van der Waals surface area contributed by atoms with Gasteiger partial charge in [-0.05, 0) is 31.0 Å². The highest BCUT2D eigenvalue weighted by molar-refractivity contribution is 9.10. The van der Waals surface area contributed by atoms with Gasteiger partial charge >= 0.3 is 6.01 Å². The maximum Gasteiger partial charge on any atom is 0.320 e. The van der Waals surface area contributed by atoms with Gasteiger partial charge in [-0.3, -0.25) is 0 Å². The second-order valence-corrected chi connectivity index (χ2v) is 5.54. The Morgan fingerprint density at radius 3 is 3.00 bits per heavy atom. The first-order valence-electron chi connectivity index (χ1n) is 6.41. The Morgan fingerprint density at radius 1 is 1.40 bits per heavy atom. The van der Waals surface area contributed by atoms with Crippen LogP contribution in [-0.4, -0.2) is 23.3 Å². The fourth-order valence-corrected chi connectivity index (χ4v) is 2.15. The quantitative estimate of drug-likeness (QED) is 0.843. The fourth-order valence-electron chi connectivity index (χ4n) is 1.79. The van der Waals surface area contributed by atoms with Crippen molar-refractivity contribution < 1.29 is 9.15 Å². The number of hydrogen-bond donors (Lipinski definition) is 2. The molecule has 1 aliphatic carbocycles. The monoisotopic (exact) mass is 338 g/mol. The van der Waals surface area contributed by atoms with E-state index in [0.29, 0.717) is 30.2 Å². The average molecular weight is 339 g/mol. The summed E-state index contributed by atoms with van der Waals surface area (Å²) in [5.41, 5.74) is 0.771. The van der Waals surface area contributed by atoms with Gasteiger partial charge in [0.15, 0.2) is 0 Å². The van der Waals surface area contributed by atoms with Crippen molar-refractivity contribution in [2.45, 2.75) is 25.4 Å². The number of nitrogens with one attached hydrogen (secondary N) is 2. The predicted octanol–water partition coefficient (Wildman–Crippen LogP) is 2.84. The minimum atomic E-state index is 0.356. The van der Waals surface area contributed by atoms with E-state index in [0.717, 1.165) is 10.2 Å². The number of halogens is 1. The molecule has 0 amide bonds. The number of rotatable bonds is 6. The molecule has 6 nitrogen and oxygen atoms in total. The minimum absolute atomic E-state index is 0.356. The summed E-state index contributed by atoms with van der Waals surface area (Å²) in [6.45, 7) is 0.606. The lowest BCUT2D eigenvalue weighted by atomic mass is 10.3. The molecule has 0 spiro atoms. The third-order valence-electron chi connectivity index (χ3n) is 2.99. The highest BCUT2D eigenvalue weighted by atomic mass is 79.9. The van der Waals surface area contributed by atoms with Gasteiger partial charge in [0.1, 0.15) is 5.75 Å². The molecule has 1 aliphatic rings. The van der Waals surface area contributed by atoms with Gasteiger partial charge in [-0.15, -0.1) is 5.10 Å². The molecule has 1 aromatic heterocycles. The summed E-state index contributed by atoms with van der Waals surface area (Å²) < 4.78 is 11.8. The Bertz CT molecular complexity index is 598. The number of hydrogen-bond acceptors (Lipinski definition) is 6. The van der Waals surface area contributed by atoms with E-state index in [2.05, 4.69) is 36.8 Å². The van der Waals surface area contributed by atoms with Crippen LogP contribution in [0.15, 0.2) is 27.1 Å². The molecule has 0 aliphatic heterocycles. The largest absolute Gasteiger partial charge is 0.495 e. The van der Waals surface area contributed by atoms with Crippen molar-refractivity contribution >= 4 is 27.6 Å². The zero-order valence-electron chi connectivity index (χ0n) is 11.0. The molecule has 0 atom stereocenters. The summed E-state index contributed by atoms with van der Waals surface area (Å²) in [6.07, 6.45) is 2.46. The normalized spacial score (nSPS) is 14.3. The van der Waals surface area contributed by atoms with Crippen molar-refractivity contribution in [2.24, 2.45) is 0 Å². The average Bonchev–Trinajstić information content (AvgIpc) is 3.17. The molecule has 3 rings (SSSR count). The molecular weight excluding hydrogens is 324 g/mol. The highest BCUT2D eigenvalue weighted by Crippen LogP contribution is 2.30. The van der Waals surface area contributed by atoms with E-state index < -0.39 is 0 Å². The fraction of sp³-hybridized carbons (Fsp3) is 0.385. The third-order valence-corrected chi connectivity index (χ3v) is 3.48. The Morgan fingerprint density at radius 2 is 2.25 bits per heavy atom. The second-order valence-electron chi connectivity index (χ2n) is 4.63. The molecular formula is C13H15BrN4O2. The summed E-state index contributed by atoms with van der Waals surface area (Å²) in [4.78, 5) is 0. The van der Waals surface area contributed by atoms with Crippen LogP contribution in [0, 0.1) is 0 Å². The predicted molar refractivity (Wildman–Crippen MR) is 78.1 cm³/mol. The van der Waals surface area contributed by atoms with Gasteiger partial charge < -0.3 is 19.8 Å². The number of ether oxygens (including phenoxy) is 1. The summed E-state index contributed by atoms with van der Waals surface area (Å²) in [6, 6.07) is 6.63. The zero-order chi connectivity index (χ0) is 13.9. The molecule has 1 fully saturated rings.